The number of aromatic hydroxyl groups is 1. The molecule has 1 N–H and O–H groups in total. The largest absolute Gasteiger partial charge is 0.480 e. The standard InChI is InChI=1S/C19H26N2O/c1-12(2)14-10-11-17(19(14,5)13(3)4)21-16-9-7-6-8-15(16)20-18(21)22/h6-9,11-14H,10H2,1-5H3,(H,20,22)/t14?,19-/m0/s1. The number of aromatic nitrogens is 2. The first-order valence-electron chi connectivity index (χ1n) is 8.24. The second-order valence-electron chi connectivity index (χ2n) is 7.35. The zero-order valence-electron chi connectivity index (χ0n) is 14.2. The number of rotatable bonds is 3. The topological polar surface area (TPSA) is 38.0 Å². The van der Waals surface area contributed by atoms with Crippen LogP contribution in [0.15, 0.2) is 30.3 Å². The van der Waals surface area contributed by atoms with Crippen LogP contribution in [-0.4, -0.2) is 14.7 Å². The lowest BCUT2D eigenvalue weighted by Gasteiger charge is -2.41. The van der Waals surface area contributed by atoms with Gasteiger partial charge in [-0.1, -0.05) is 52.8 Å². The van der Waals surface area contributed by atoms with E-state index in [-0.39, 0.29) is 11.4 Å². The summed E-state index contributed by atoms with van der Waals surface area (Å²) in [6.07, 6.45) is 3.37. The van der Waals surface area contributed by atoms with E-state index < -0.39 is 0 Å². The quantitative estimate of drug-likeness (QED) is 0.873. The lowest BCUT2D eigenvalue weighted by atomic mass is 9.66. The molecule has 0 saturated heterocycles. The second kappa shape index (κ2) is 5.15. The van der Waals surface area contributed by atoms with Gasteiger partial charge in [0, 0.05) is 11.1 Å². The number of benzene rings is 1. The molecule has 1 unspecified atom stereocenters. The number of fused-ring (bicyclic) bond motifs is 1. The zero-order valence-corrected chi connectivity index (χ0v) is 14.2. The fourth-order valence-corrected chi connectivity index (χ4v) is 4.16. The van der Waals surface area contributed by atoms with E-state index in [1.54, 1.807) is 0 Å². The van der Waals surface area contributed by atoms with Crippen molar-refractivity contribution in [2.75, 3.05) is 0 Å². The van der Waals surface area contributed by atoms with Crippen molar-refractivity contribution in [2.45, 2.75) is 41.0 Å². The third kappa shape index (κ3) is 1.98. The summed E-state index contributed by atoms with van der Waals surface area (Å²) in [6, 6.07) is 8.05. The van der Waals surface area contributed by atoms with Crippen molar-refractivity contribution in [3.8, 4) is 6.01 Å². The van der Waals surface area contributed by atoms with E-state index in [1.165, 1.54) is 5.70 Å². The SMILES string of the molecule is CC(C)C1CC=C(n2c(O)nc3ccccc32)[C@@]1(C)C(C)C. The van der Waals surface area contributed by atoms with E-state index in [2.05, 4.69) is 45.7 Å². The Kier molecular flexibility index (Phi) is 3.54. The molecule has 3 nitrogen and oxygen atoms in total. The van der Waals surface area contributed by atoms with Gasteiger partial charge in [0.1, 0.15) is 0 Å². The number of hydrogen-bond acceptors (Lipinski definition) is 2. The molecule has 2 atom stereocenters. The lowest BCUT2D eigenvalue weighted by molar-refractivity contribution is 0.152. The normalized spacial score (nSPS) is 25.4. The smallest absolute Gasteiger partial charge is 0.299 e. The highest BCUT2D eigenvalue weighted by atomic mass is 16.3. The molecule has 0 fully saturated rings. The van der Waals surface area contributed by atoms with Crippen LogP contribution in [0.3, 0.4) is 0 Å². The van der Waals surface area contributed by atoms with Gasteiger partial charge in [-0.15, -0.1) is 0 Å². The van der Waals surface area contributed by atoms with E-state index in [4.69, 9.17) is 0 Å². The van der Waals surface area contributed by atoms with Crippen LogP contribution in [0.4, 0.5) is 0 Å². The molecule has 0 saturated carbocycles. The van der Waals surface area contributed by atoms with Crippen LogP contribution in [0.1, 0.15) is 41.0 Å². The van der Waals surface area contributed by atoms with Gasteiger partial charge >= 0.3 is 0 Å². The summed E-state index contributed by atoms with van der Waals surface area (Å²) in [6.45, 7) is 11.5. The van der Waals surface area contributed by atoms with Gasteiger partial charge in [0.2, 0.25) is 0 Å². The molecule has 1 aromatic heterocycles. The molecular formula is C19H26N2O. The minimum Gasteiger partial charge on any atom is -0.480 e. The molecule has 3 rings (SSSR count). The number of allylic oxidation sites excluding steroid dienone is 2. The van der Waals surface area contributed by atoms with E-state index in [0.717, 1.165) is 17.5 Å². The Morgan fingerprint density at radius 1 is 1.23 bits per heavy atom. The van der Waals surface area contributed by atoms with Crippen molar-refractivity contribution >= 4 is 16.7 Å². The molecule has 3 heteroatoms. The van der Waals surface area contributed by atoms with Crippen LogP contribution in [0.2, 0.25) is 0 Å². The summed E-state index contributed by atoms with van der Waals surface area (Å²) in [5, 5.41) is 10.4. The predicted octanol–water partition coefficient (Wildman–Crippen LogP) is 4.92. The van der Waals surface area contributed by atoms with Crippen LogP contribution >= 0.6 is 0 Å². The maximum atomic E-state index is 10.4. The van der Waals surface area contributed by atoms with Gasteiger partial charge < -0.3 is 5.11 Å². The van der Waals surface area contributed by atoms with Crippen molar-refractivity contribution in [1.82, 2.24) is 9.55 Å². The van der Waals surface area contributed by atoms with Crippen molar-refractivity contribution in [2.24, 2.45) is 23.2 Å². The maximum absolute atomic E-state index is 10.4. The predicted molar refractivity (Wildman–Crippen MR) is 91.6 cm³/mol. The van der Waals surface area contributed by atoms with Crippen LogP contribution in [0.25, 0.3) is 16.7 Å². The summed E-state index contributed by atoms with van der Waals surface area (Å²) in [7, 11) is 0. The summed E-state index contributed by atoms with van der Waals surface area (Å²) in [5.41, 5.74) is 3.07. The lowest BCUT2D eigenvalue weighted by Crippen LogP contribution is -2.35. The maximum Gasteiger partial charge on any atom is 0.299 e. The average Bonchev–Trinajstić information content (AvgIpc) is 2.96. The van der Waals surface area contributed by atoms with Gasteiger partial charge in [-0.25, -0.2) is 0 Å². The Morgan fingerprint density at radius 2 is 1.91 bits per heavy atom. The number of imidazole rings is 1. The van der Waals surface area contributed by atoms with Gasteiger partial charge in [-0.3, -0.25) is 4.57 Å². The molecule has 0 spiro atoms. The Bertz CT molecular complexity index is 726. The Morgan fingerprint density at radius 3 is 2.55 bits per heavy atom. The molecule has 1 aromatic carbocycles. The minimum absolute atomic E-state index is 0.0368. The van der Waals surface area contributed by atoms with Crippen LogP contribution in [-0.2, 0) is 0 Å². The van der Waals surface area contributed by atoms with Gasteiger partial charge in [0.05, 0.1) is 11.0 Å². The van der Waals surface area contributed by atoms with Gasteiger partial charge in [-0.2, -0.15) is 4.98 Å². The fraction of sp³-hybridized carbons (Fsp3) is 0.526. The van der Waals surface area contributed by atoms with Crippen LogP contribution in [0, 0.1) is 23.2 Å². The first-order valence-corrected chi connectivity index (χ1v) is 8.24. The van der Waals surface area contributed by atoms with E-state index in [9.17, 15) is 5.11 Å². The summed E-state index contributed by atoms with van der Waals surface area (Å²) < 4.78 is 1.96. The molecule has 1 aliphatic rings. The van der Waals surface area contributed by atoms with E-state index in [0.29, 0.717) is 17.8 Å². The highest BCUT2D eigenvalue weighted by Crippen LogP contribution is 2.55. The molecule has 1 heterocycles. The van der Waals surface area contributed by atoms with Crippen molar-refractivity contribution in [3.63, 3.8) is 0 Å². The van der Waals surface area contributed by atoms with Crippen LogP contribution in [0.5, 0.6) is 6.01 Å². The summed E-state index contributed by atoms with van der Waals surface area (Å²) in [5.74, 6) is 1.69. The highest BCUT2D eigenvalue weighted by molar-refractivity contribution is 5.82. The third-order valence-corrected chi connectivity index (χ3v) is 5.68. The number of nitrogens with zero attached hydrogens (tertiary/aromatic N) is 2. The zero-order chi connectivity index (χ0) is 16.1. The molecule has 0 bridgehead atoms. The van der Waals surface area contributed by atoms with Gasteiger partial charge in [0.15, 0.2) is 0 Å². The van der Waals surface area contributed by atoms with Crippen molar-refractivity contribution in [1.29, 1.82) is 0 Å². The van der Waals surface area contributed by atoms with E-state index in [1.807, 2.05) is 28.8 Å². The van der Waals surface area contributed by atoms with Crippen molar-refractivity contribution in [3.05, 3.63) is 30.3 Å². The van der Waals surface area contributed by atoms with Crippen molar-refractivity contribution < 1.29 is 5.11 Å². The Hall–Kier alpha value is -1.77. The third-order valence-electron chi connectivity index (χ3n) is 5.68. The molecule has 2 aromatic rings. The first-order chi connectivity index (χ1) is 10.4. The molecule has 1 aliphatic carbocycles. The molecule has 0 amide bonds. The fourth-order valence-electron chi connectivity index (χ4n) is 4.16. The first kappa shape index (κ1) is 15.1. The molecule has 22 heavy (non-hydrogen) atoms. The molecule has 0 aliphatic heterocycles. The highest BCUT2D eigenvalue weighted by Gasteiger charge is 2.46. The Labute approximate surface area is 132 Å². The molecule has 118 valence electrons. The number of hydrogen-bond donors (Lipinski definition) is 1. The molecule has 0 radical (unpaired) electrons. The molecular weight excluding hydrogens is 272 g/mol. The summed E-state index contributed by atoms with van der Waals surface area (Å²) in [4.78, 5) is 4.33. The van der Waals surface area contributed by atoms with Gasteiger partial charge in [-0.05, 0) is 36.3 Å². The minimum atomic E-state index is 0.0368. The number of para-hydroxylation sites is 2. The Balaban J connectivity index is 2.20. The average molecular weight is 298 g/mol. The second-order valence-corrected chi connectivity index (χ2v) is 7.35. The van der Waals surface area contributed by atoms with Crippen LogP contribution < -0.4 is 0 Å². The summed E-state index contributed by atoms with van der Waals surface area (Å²) >= 11 is 0. The monoisotopic (exact) mass is 298 g/mol. The van der Waals surface area contributed by atoms with E-state index >= 15 is 0 Å². The van der Waals surface area contributed by atoms with Gasteiger partial charge in [0.25, 0.3) is 6.01 Å².